The third-order valence-electron chi connectivity index (χ3n) is 2.72. The number of benzene rings is 1. The molecule has 17 heavy (non-hydrogen) atoms. The average molecular weight is 273 g/mol. The molecule has 1 aromatic rings. The molecule has 1 aromatic carbocycles. The highest BCUT2D eigenvalue weighted by molar-refractivity contribution is 8.02. The molecule has 0 radical (unpaired) electrons. The van der Waals surface area contributed by atoms with Gasteiger partial charge in [0.05, 0.1) is 22.9 Å². The average Bonchev–Trinajstić information content (AvgIpc) is 2.53. The number of hydrogen-bond acceptors (Lipinski definition) is 5. The molecule has 2 rings (SSSR count). The molecule has 1 aliphatic heterocycles. The van der Waals surface area contributed by atoms with Crippen molar-refractivity contribution in [3.8, 4) is 0 Å². The number of hydrogen-bond donors (Lipinski definition) is 2. The van der Waals surface area contributed by atoms with Crippen molar-refractivity contribution >= 4 is 21.6 Å². The van der Waals surface area contributed by atoms with E-state index in [-0.39, 0.29) is 16.8 Å². The lowest BCUT2D eigenvalue weighted by atomic mass is 10.2. The van der Waals surface area contributed by atoms with Gasteiger partial charge >= 0.3 is 0 Å². The van der Waals surface area contributed by atoms with E-state index in [0.29, 0.717) is 6.54 Å². The van der Waals surface area contributed by atoms with Gasteiger partial charge in [-0.15, -0.1) is 11.8 Å². The highest BCUT2D eigenvalue weighted by atomic mass is 32.2. The number of aliphatic hydroxyl groups is 1. The summed E-state index contributed by atoms with van der Waals surface area (Å²) in [4.78, 5) is 0.961. The van der Waals surface area contributed by atoms with Gasteiger partial charge in [0, 0.05) is 11.4 Å². The third-order valence-corrected chi connectivity index (χ3v) is 5.97. The van der Waals surface area contributed by atoms with Crippen LogP contribution in [-0.4, -0.2) is 36.4 Å². The summed E-state index contributed by atoms with van der Waals surface area (Å²) in [6, 6.07) is 7.64. The van der Waals surface area contributed by atoms with Crippen molar-refractivity contribution in [3.05, 3.63) is 29.8 Å². The molecule has 94 valence electrons. The van der Waals surface area contributed by atoms with Gasteiger partial charge in [0.2, 0.25) is 0 Å². The fourth-order valence-corrected chi connectivity index (χ4v) is 5.31. The van der Waals surface area contributed by atoms with E-state index in [2.05, 4.69) is 0 Å². The summed E-state index contributed by atoms with van der Waals surface area (Å²) in [5.74, 6) is -0.0664. The molecule has 0 aliphatic carbocycles. The van der Waals surface area contributed by atoms with Crippen LogP contribution in [-0.2, 0) is 16.4 Å². The van der Waals surface area contributed by atoms with Gasteiger partial charge in [0.15, 0.2) is 9.84 Å². The Morgan fingerprint density at radius 2 is 1.94 bits per heavy atom. The van der Waals surface area contributed by atoms with E-state index in [1.54, 1.807) is 0 Å². The first-order valence-corrected chi connectivity index (χ1v) is 8.04. The second-order valence-electron chi connectivity index (χ2n) is 4.15. The van der Waals surface area contributed by atoms with Crippen molar-refractivity contribution in [1.29, 1.82) is 0 Å². The maximum atomic E-state index is 11.4. The zero-order chi connectivity index (χ0) is 12.5. The van der Waals surface area contributed by atoms with Crippen molar-refractivity contribution in [3.63, 3.8) is 0 Å². The molecule has 4 nitrogen and oxygen atoms in total. The lowest BCUT2D eigenvalue weighted by molar-refractivity contribution is 0.207. The van der Waals surface area contributed by atoms with Crippen LogP contribution in [0.25, 0.3) is 0 Å². The highest BCUT2D eigenvalue weighted by Crippen LogP contribution is 2.31. The van der Waals surface area contributed by atoms with Crippen LogP contribution in [0.5, 0.6) is 0 Å². The van der Waals surface area contributed by atoms with Crippen LogP contribution in [0, 0.1) is 0 Å². The molecular formula is C11H15NO3S2. The highest BCUT2D eigenvalue weighted by Gasteiger charge is 2.36. The van der Waals surface area contributed by atoms with E-state index in [1.165, 1.54) is 11.8 Å². The van der Waals surface area contributed by atoms with Crippen LogP contribution < -0.4 is 5.73 Å². The van der Waals surface area contributed by atoms with Gasteiger partial charge in [-0.2, -0.15) is 0 Å². The summed E-state index contributed by atoms with van der Waals surface area (Å²) in [6.45, 7) is 0.491. The molecule has 3 N–H and O–H groups in total. The Kier molecular flexibility index (Phi) is 3.77. The predicted octanol–water partition coefficient (Wildman–Crippen LogP) is 0.395. The van der Waals surface area contributed by atoms with Crippen LogP contribution in [0.15, 0.2) is 29.2 Å². The fraction of sp³-hybridized carbons (Fsp3) is 0.455. The van der Waals surface area contributed by atoms with Gasteiger partial charge in [-0.25, -0.2) is 8.42 Å². The maximum Gasteiger partial charge on any atom is 0.154 e. The Morgan fingerprint density at radius 1 is 1.29 bits per heavy atom. The molecule has 2 unspecified atom stereocenters. The zero-order valence-electron chi connectivity index (χ0n) is 9.24. The third kappa shape index (κ3) is 3.22. The lowest BCUT2D eigenvalue weighted by Crippen LogP contribution is -2.19. The first-order chi connectivity index (χ1) is 8.00. The van der Waals surface area contributed by atoms with Crippen molar-refractivity contribution in [2.24, 2.45) is 5.73 Å². The SMILES string of the molecule is NCc1ccc(SC2CS(=O)(=O)CC2O)cc1. The number of nitrogens with two attached hydrogens (primary N) is 1. The van der Waals surface area contributed by atoms with Crippen LogP contribution >= 0.6 is 11.8 Å². The first-order valence-electron chi connectivity index (χ1n) is 5.34. The van der Waals surface area contributed by atoms with Gasteiger partial charge < -0.3 is 10.8 Å². The minimum Gasteiger partial charge on any atom is -0.391 e. The summed E-state index contributed by atoms with van der Waals surface area (Å²) in [7, 11) is -3.07. The van der Waals surface area contributed by atoms with E-state index in [1.807, 2.05) is 24.3 Å². The Labute approximate surface area is 105 Å². The molecule has 0 spiro atoms. The van der Waals surface area contributed by atoms with E-state index in [0.717, 1.165) is 10.5 Å². The molecule has 1 saturated heterocycles. The largest absolute Gasteiger partial charge is 0.391 e. The molecule has 1 heterocycles. The number of sulfone groups is 1. The second-order valence-corrected chi connectivity index (χ2v) is 7.62. The second kappa shape index (κ2) is 4.97. The molecule has 0 bridgehead atoms. The molecule has 2 atom stereocenters. The van der Waals surface area contributed by atoms with Crippen LogP contribution in [0.3, 0.4) is 0 Å². The van der Waals surface area contributed by atoms with Crippen molar-refractivity contribution in [1.82, 2.24) is 0 Å². The molecule has 0 amide bonds. The fourth-order valence-electron chi connectivity index (χ4n) is 1.79. The Balaban J connectivity index is 2.06. The summed E-state index contributed by atoms with van der Waals surface area (Å²) in [5, 5.41) is 9.41. The summed E-state index contributed by atoms with van der Waals surface area (Å²) < 4.78 is 22.7. The molecule has 1 fully saturated rings. The van der Waals surface area contributed by atoms with Gasteiger partial charge in [0.25, 0.3) is 0 Å². The van der Waals surface area contributed by atoms with Crippen molar-refractivity contribution in [2.75, 3.05) is 11.5 Å². The number of thioether (sulfide) groups is 1. The van der Waals surface area contributed by atoms with Crippen LogP contribution in [0.1, 0.15) is 5.56 Å². The Morgan fingerprint density at radius 3 is 2.41 bits per heavy atom. The maximum absolute atomic E-state index is 11.4. The van der Waals surface area contributed by atoms with Gasteiger partial charge in [-0.1, -0.05) is 12.1 Å². The summed E-state index contributed by atoms with van der Waals surface area (Å²) in [5.41, 5.74) is 6.53. The van der Waals surface area contributed by atoms with Gasteiger partial charge in [-0.3, -0.25) is 0 Å². The van der Waals surface area contributed by atoms with Gasteiger partial charge in [-0.05, 0) is 17.7 Å². The molecular weight excluding hydrogens is 258 g/mol. The quantitative estimate of drug-likeness (QED) is 0.833. The molecule has 1 aliphatic rings. The van der Waals surface area contributed by atoms with Crippen molar-refractivity contribution in [2.45, 2.75) is 22.8 Å². The first kappa shape index (κ1) is 12.9. The van der Waals surface area contributed by atoms with Crippen molar-refractivity contribution < 1.29 is 13.5 Å². The van der Waals surface area contributed by atoms with Crippen LogP contribution in [0.2, 0.25) is 0 Å². The number of aliphatic hydroxyl groups excluding tert-OH is 1. The van der Waals surface area contributed by atoms with Gasteiger partial charge in [0.1, 0.15) is 0 Å². The van der Waals surface area contributed by atoms with E-state index >= 15 is 0 Å². The minimum atomic E-state index is -3.07. The van der Waals surface area contributed by atoms with E-state index < -0.39 is 15.9 Å². The summed E-state index contributed by atoms with van der Waals surface area (Å²) >= 11 is 1.41. The monoisotopic (exact) mass is 273 g/mol. The molecule has 6 heteroatoms. The minimum absolute atomic E-state index is 0.0530. The van der Waals surface area contributed by atoms with E-state index in [4.69, 9.17) is 5.73 Å². The summed E-state index contributed by atoms with van der Waals surface area (Å²) in [6.07, 6.45) is -0.765. The predicted molar refractivity (Wildman–Crippen MR) is 68.6 cm³/mol. The number of rotatable bonds is 3. The standard InChI is InChI=1S/C11H15NO3S2/c12-5-8-1-3-9(4-2-8)16-11-7-17(14,15)6-10(11)13/h1-4,10-11,13H,5-7,12H2. The smallest absolute Gasteiger partial charge is 0.154 e. The molecule has 0 aromatic heterocycles. The normalized spacial score (nSPS) is 27.2. The lowest BCUT2D eigenvalue weighted by Gasteiger charge is -2.12. The Hall–Kier alpha value is -0.560. The van der Waals surface area contributed by atoms with Crippen LogP contribution in [0.4, 0.5) is 0 Å². The van der Waals surface area contributed by atoms with E-state index in [9.17, 15) is 13.5 Å². The topological polar surface area (TPSA) is 80.4 Å². The zero-order valence-corrected chi connectivity index (χ0v) is 10.9. The molecule has 0 saturated carbocycles. The Bertz CT molecular complexity index is 484.